The molecule has 152 valence electrons. The van der Waals surface area contributed by atoms with E-state index in [4.69, 9.17) is 20.8 Å². The highest BCUT2D eigenvalue weighted by Gasteiger charge is 2.15. The fourth-order valence-corrected chi connectivity index (χ4v) is 3.93. The highest BCUT2D eigenvalue weighted by molar-refractivity contribution is 7.17. The van der Waals surface area contributed by atoms with E-state index in [1.807, 2.05) is 43.3 Å². The van der Waals surface area contributed by atoms with Gasteiger partial charge in [-0.2, -0.15) is 5.10 Å². The van der Waals surface area contributed by atoms with Crippen molar-refractivity contribution in [2.75, 3.05) is 12.5 Å². The molecule has 1 N–H and O–H groups in total. The number of hydrogen-bond donors (Lipinski definition) is 1. The largest absolute Gasteiger partial charge is 0.465 e. The summed E-state index contributed by atoms with van der Waals surface area (Å²) in [5, 5.41) is 6.98. The number of halogens is 1. The van der Waals surface area contributed by atoms with E-state index in [2.05, 4.69) is 15.5 Å². The van der Waals surface area contributed by atoms with Crippen molar-refractivity contribution in [3.63, 3.8) is 0 Å². The van der Waals surface area contributed by atoms with Crippen LogP contribution in [0.15, 0.2) is 58.0 Å². The van der Waals surface area contributed by atoms with Gasteiger partial charge < -0.3 is 9.15 Å². The number of aryl methyl sites for hydroxylation is 2. The van der Waals surface area contributed by atoms with Crippen LogP contribution in [-0.2, 0) is 4.74 Å². The molecule has 0 saturated heterocycles. The lowest BCUT2D eigenvalue weighted by molar-refractivity contribution is 0.0605. The van der Waals surface area contributed by atoms with Gasteiger partial charge in [0.05, 0.1) is 18.2 Å². The van der Waals surface area contributed by atoms with Gasteiger partial charge in [-0.05, 0) is 32.0 Å². The molecule has 0 aliphatic carbocycles. The van der Waals surface area contributed by atoms with E-state index in [0.29, 0.717) is 37.4 Å². The predicted octanol–water partition coefficient (Wildman–Crippen LogP) is 5.54. The summed E-state index contributed by atoms with van der Waals surface area (Å²) < 4.78 is 10.9. The molecule has 4 rings (SSSR count). The van der Waals surface area contributed by atoms with Crippen LogP contribution in [0, 0.1) is 13.8 Å². The first-order valence-electron chi connectivity index (χ1n) is 9.10. The number of rotatable bonds is 4. The van der Waals surface area contributed by atoms with Gasteiger partial charge in [0.1, 0.15) is 16.2 Å². The Hall–Kier alpha value is -3.16. The summed E-state index contributed by atoms with van der Waals surface area (Å²) in [6, 6.07) is 15.3. The topological polar surface area (TPSA) is 76.7 Å². The molecule has 0 fully saturated rings. The molecule has 0 aliphatic heterocycles. The van der Waals surface area contributed by atoms with E-state index in [0.717, 1.165) is 10.9 Å². The van der Waals surface area contributed by atoms with E-state index in [-0.39, 0.29) is 0 Å². The van der Waals surface area contributed by atoms with Gasteiger partial charge in [0.2, 0.25) is 5.13 Å². The minimum absolute atomic E-state index is 0.421. The van der Waals surface area contributed by atoms with Crippen LogP contribution in [-0.4, -0.2) is 18.1 Å². The van der Waals surface area contributed by atoms with Gasteiger partial charge in [-0.25, -0.2) is 9.78 Å². The zero-order valence-electron chi connectivity index (χ0n) is 16.5. The number of esters is 1. The van der Waals surface area contributed by atoms with Crippen molar-refractivity contribution in [1.29, 1.82) is 0 Å². The van der Waals surface area contributed by atoms with Crippen molar-refractivity contribution in [2.45, 2.75) is 13.8 Å². The number of hydrogen-bond acceptors (Lipinski definition) is 7. The molecule has 0 aliphatic rings. The van der Waals surface area contributed by atoms with E-state index in [1.54, 1.807) is 19.1 Å². The maximum atomic E-state index is 11.8. The molecule has 2 aromatic heterocycles. The minimum atomic E-state index is -0.421. The fourth-order valence-electron chi connectivity index (χ4n) is 2.93. The molecule has 30 heavy (non-hydrogen) atoms. The van der Waals surface area contributed by atoms with Crippen LogP contribution in [0.25, 0.3) is 22.3 Å². The zero-order valence-corrected chi connectivity index (χ0v) is 18.1. The first-order valence-corrected chi connectivity index (χ1v) is 10.3. The summed E-state index contributed by atoms with van der Waals surface area (Å²) in [4.78, 5) is 16.6. The lowest BCUT2D eigenvalue weighted by Gasteiger charge is -2.06. The number of thiazole rings is 1. The van der Waals surface area contributed by atoms with Gasteiger partial charge in [0.15, 0.2) is 0 Å². The van der Waals surface area contributed by atoms with Crippen LogP contribution < -0.4 is 10.8 Å². The van der Waals surface area contributed by atoms with Crippen LogP contribution in [0.3, 0.4) is 0 Å². The molecule has 2 aromatic carbocycles. The third kappa shape index (κ3) is 4.08. The Morgan fingerprint density at radius 1 is 1.17 bits per heavy atom. The maximum absolute atomic E-state index is 11.8. The third-order valence-corrected chi connectivity index (χ3v) is 5.76. The second kappa shape index (κ2) is 8.30. The number of nitrogens with one attached hydrogen (secondary N) is 1. The van der Waals surface area contributed by atoms with Gasteiger partial charge in [-0.1, -0.05) is 52.8 Å². The van der Waals surface area contributed by atoms with Crippen LogP contribution >= 0.6 is 22.9 Å². The number of aromatic nitrogens is 1. The first kappa shape index (κ1) is 20.1. The van der Waals surface area contributed by atoms with Crippen molar-refractivity contribution in [2.24, 2.45) is 5.10 Å². The van der Waals surface area contributed by atoms with Gasteiger partial charge in [-0.3, -0.25) is 5.43 Å². The van der Waals surface area contributed by atoms with E-state index in [1.165, 1.54) is 24.0 Å². The molecule has 6 nitrogen and oxygen atoms in total. The standard InChI is InChI=1S/C22H18ClN3O3S/c1-12-4-6-14(7-5-12)19-11-17(16-10-15(23)8-9-18(16)29-19)25-26-22-24-13(2)20(30-22)21(27)28-3/h4-11H,1-3H3,(H,24,26)/b25-17+. The highest BCUT2D eigenvalue weighted by atomic mass is 35.5. The Morgan fingerprint density at radius 2 is 1.93 bits per heavy atom. The molecule has 0 radical (unpaired) electrons. The quantitative estimate of drug-likeness (QED) is 0.333. The molecular formula is C22H18ClN3O3S. The highest BCUT2D eigenvalue weighted by Crippen LogP contribution is 2.25. The summed E-state index contributed by atoms with van der Waals surface area (Å²) in [7, 11) is 1.34. The van der Waals surface area contributed by atoms with E-state index < -0.39 is 5.97 Å². The molecule has 8 heteroatoms. The number of benzene rings is 2. The molecule has 0 unspecified atom stereocenters. The van der Waals surface area contributed by atoms with Crippen molar-refractivity contribution in [1.82, 2.24) is 4.98 Å². The molecule has 0 saturated carbocycles. The van der Waals surface area contributed by atoms with E-state index >= 15 is 0 Å². The SMILES string of the molecule is COC(=O)c1sc(N/N=c2\cc(-c3ccc(C)cc3)oc3ccc(Cl)cc23)nc1C. The summed E-state index contributed by atoms with van der Waals surface area (Å²) in [5.74, 6) is 0.256. The van der Waals surface area contributed by atoms with Gasteiger partial charge in [0.25, 0.3) is 0 Å². The molecular weight excluding hydrogens is 422 g/mol. The number of methoxy groups -OCH3 is 1. The number of anilines is 1. The second-order valence-corrected chi connectivity index (χ2v) is 8.09. The second-order valence-electron chi connectivity index (χ2n) is 6.65. The van der Waals surface area contributed by atoms with E-state index in [9.17, 15) is 4.79 Å². The molecule has 0 atom stereocenters. The summed E-state index contributed by atoms with van der Waals surface area (Å²) >= 11 is 7.37. The van der Waals surface area contributed by atoms with Crippen molar-refractivity contribution < 1.29 is 13.9 Å². The maximum Gasteiger partial charge on any atom is 0.350 e. The predicted molar refractivity (Wildman–Crippen MR) is 119 cm³/mol. The van der Waals surface area contributed by atoms with Crippen LogP contribution in [0.4, 0.5) is 5.13 Å². The summed E-state index contributed by atoms with van der Waals surface area (Å²) in [6.45, 7) is 3.78. The van der Waals surface area contributed by atoms with Gasteiger partial charge >= 0.3 is 5.97 Å². The number of fused-ring (bicyclic) bond motifs is 1. The molecule has 0 bridgehead atoms. The first-order chi connectivity index (χ1) is 14.4. The Bertz CT molecular complexity index is 1310. The third-order valence-electron chi connectivity index (χ3n) is 4.48. The summed E-state index contributed by atoms with van der Waals surface area (Å²) in [6.07, 6.45) is 0. The van der Waals surface area contributed by atoms with Gasteiger partial charge in [0, 0.05) is 22.0 Å². The summed E-state index contributed by atoms with van der Waals surface area (Å²) in [5.41, 5.74) is 6.28. The van der Waals surface area contributed by atoms with Crippen molar-refractivity contribution in [3.05, 3.63) is 75.0 Å². The zero-order chi connectivity index (χ0) is 21.3. The lowest BCUT2D eigenvalue weighted by Crippen LogP contribution is -2.07. The van der Waals surface area contributed by atoms with Crippen molar-refractivity contribution in [3.8, 4) is 11.3 Å². The molecule has 0 amide bonds. The number of carbonyl (C=O) groups is 1. The number of nitrogens with zero attached hydrogens (tertiary/aromatic N) is 2. The Morgan fingerprint density at radius 3 is 2.67 bits per heavy atom. The van der Waals surface area contributed by atoms with Crippen molar-refractivity contribution >= 4 is 45.0 Å². The average Bonchev–Trinajstić information content (AvgIpc) is 3.12. The Labute approximate surface area is 181 Å². The number of ether oxygens (including phenoxy) is 1. The minimum Gasteiger partial charge on any atom is -0.465 e. The van der Waals surface area contributed by atoms with Crippen LogP contribution in [0.2, 0.25) is 5.02 Å². The molecule has 0 spiro atoms. The smallest absolute Gasteiger partial charge is 0.350 e. The average molecular weight is 440 g/mol. The Balaban J connectivity index is 1.81. The Kier molecular flexibility index (Phi) is 5.57. The lowest BCUT2D eigenvalue weighted by atomic mass is 10.1. The fraction of sp³-hybridized carbons (Fsp3) is 0.136. The van der Waals surface area contributed by atoms with Crippen LogP contribution in [0.5, 0.6) is 0 Å². The van der Waals surface area contributed by atoms with Crippen LogP contribution in [0.1, 0.15) is 20.9 Å². The molecule has 4 aromatic rings. The normalized spacial score (nSPS) is 11.7. The monoisotopic (exact) mass is 439 g/mol. The molecule has 2 heterocycles. The van der Waals surface area contributed by atoms with Gasteiger partial charge in [-0.15, -0.1) is 0 Å². The number of carbonyl (C=O) groups excluding carboxylic acids is 1.